The summed E-state index contributed by atoms with van der Waals surface area (Å²) in [6.45, 7) is 9.32. The number of imidazole rings is 1. The van der Waals surface area contributed by atoms with Crippen LogP contribution in [0.4, 0.5) is 0 Å². The van der Waals surface area contributed by atoms with E-state index < -0.39 is 0 Å². The largest absolute Gasteiger partial charge is 0.330 e. The van der Waals surface area contributed by atoms with Crippen LogP contribution in [-0.4, -0.2) is 15.9 Å². The molecule has 2 aromatic heterocycles. The Labute approximate surface area is 135 Å². The van der Waals surface area contributed by atoms with Crippen LogP contribution in [0.25, 0.3) is 16.2 Å². The molecule has 0 fully saturated rings. The van der Waals surface area contributed by atoms with Crippen molar-refractivity contribution in [2.45, 2.75) is 40.5 Å². The molecule has 0 aliphatic carbocycles. The summed E-state index contributed by atoms with van der Waals surface area (Å²) in [4.78, 5) is 7.39. The standard InChI is InChI=1S/C18H23N3S/c1-5-15-13(4)22-18-20-17(16(8-9-19)21(15)18)14-7-6-11(2)10-12(14)3/h6-7,10H,5,8-9,19H2,1-4H3. The van der Waals surface area contributed by atoms with Crippen molar-refractivity contribution in [3.05, 3.63) is 45.6 Å². The highest BCUT2D eigenvalue weighted by Gasteiger charge is 2.19. The smallest absolute Gasteiger partial charge is 0.194 e. The molecule has 4 heteroatoms. The van der Waals surface area contributed by atoms with Crippen LogP contribution in [0.2, 0.25) is 0 Å². The number of aryl methyl sites for hydroxylation is 4. The molecule has 0 saturated heterocycles. The van der Waals surface area contributed by atoms with Crippen LogP contribution in [0, 0.1) is 20.8 Å². The molecule has 116 valence electrons. The number of nitrogens with zero attached hydrogens (tertiary/aromatic N) is 2. The molecule has 0 amide bonds. The average molecular weight is 313 g/mol. The van der Waals surface area contributed by atoms with Gasteiger partial charge in [0.2, 0.25) is 0 Å². The van der Waals surface area contributed by atoms with Gasteiger partial charge in [-0.2, -0.15) is 0 Å². The summed E-state index contributed by atoms with van der Waals surface area (Å²) < 4.78 is 2.33. The van der Waals surface area contributed by atoms with Crippen LogP contribution < -0.4 is 5.73 Å². The van der Waals surface area contributed by atoms with E-state index in [0.717, 1.165) is 23.5 Å². The highest BCUT2D eigenvalue weighted by molar-refractivity contribution is 7.17. The molecule has 3 nitrogen and oxygen atoms in total. The number of benzene rings is 1. The number of hydrogen-bond acceptors (Lipinski definition) is 3. The van der Waals surface area contributed by atoms with Crippen LogP contribution in [0.3, 0.4) is 0 Å². The molecule has 2 N–H and O–H groups in total. The van der Waals surface area contributed by atoms with E-state index in [4.69, 9.17) is 10.7 Å². The van der Waals surface area contributed by atoms with Crippen molar-refractivity contribution in [1.29, 1.82) is 0 Å². The summed E-state index contributed by atoms with van der Waals surface area (Å²) in [7, 11) is 0. The number of nitrogens with two attached hydrogens (primary N) is 1. The van der Waals surface area contributed by atoms with Gasteiger partial charge >= 0.3 is 0 Å². The first-order valence-electron chi connectivity index (χ1n) is 7.84. The fraction of sp³-hybridized carbons (Fsp3) is 0.389. The molecule has 0 spiro atoms. The van der Waals surface area contributed by atoms with Crippen LogP contribution in [0.15, 0.2) is 18.2 Å². The summed E-state index contributed by atoms with van der Waals surface area (Å²) in [6, 6.07) is 6.57. The molecule has 22 heavy (non-hydrogen) atoms. The van der Waals surface area contributed by atoms with E-state index in [1.165, 1.54) is 33.0 Å². The Morgan fingerprint density at radius 2 is 1.95 bits per heavy atom. The van der Waals surface area contributed by atoms with Gasteiger partial charge in [-0.3, -0.25) is 4.40 Å². The molecular formula is C18H23N3S. The third kappa shape index (κ3) is 2.36. The van der Waals surface area contributed by atoms with Crippen LogP contribution in [0.1, 0.15) is 34.3 Å². The maximum atomic E-state index is 5.88. The second kappa shape index (κ2) is 5.86. The fourth-order valence-corrected chi connectivity index (χ4v) is 4.28. The SMILES string of the molecule is CCc1c(C)sc2nc(-c3ccc(C)cc3C)c(CCN)n12. The summed E-state index contributed by atoms with van der Waals surface area (Å²) in [6.07, 6.45) is 1.87. The van der Waals surface area contributed by atoms with E-state index in [9.17, 15) is 0 Å². The number of thiazole rings is 1. The van der Waals surface area contributed by atoms with Crippen molar-refractivity contribution in [1.82, 2.24) is 9.38 Å². The summed E-state index contributed by atoms with van der Waals surface area (Å²) in [5.74, 6) is 0. The van der Waals surface area contributed by atoms with Crippen molar-refractivity contribution >= 4 is 16.3 Å². The Kier molecular flexibility index (Phi) is 4.06. The van der Waals surface area contributed by atoms with Crippen molar-refractivity contribution in [3.8, 4) is 11.3 Å². The van der Waals surface area contributed by atoms with E-state index in [0.29, 0.717) is 6.54 Å². The van der Waals surface area contributed by atoms with Gasteiger partial charge in [-0.25, -0.2) is 4.98 Å². The lowest BCUT2D eigenvalue weighted by atomic mass is 10.0. The van der Waals surface area contributed by atoms with E-state index in [-0.39, 0.29) is 0 Å². The second-order valence-corrected chi connectivity index (χ2v) is 7.02. The van der Waals surface area contributed by atoms with Gasteiger partial charge in [-0.15, -0.1) is 11.3 Å². The quantitative estimate of drug-likeness (QED) is 0.789. The average Bonchev–Trinajstić information content (AvgIpc) is 2.95. The van der Waals surface area contributed by atoms with E-state index >= 15 is 0 Å². The number of hydrogen-bond donors (Lipinski definition) is 1. The van der Waals surface area contributed by atoms with Gasteiger partial charge in [0, 0.05) is 22.6 Å². The zero-order valence-corrected chi connectivity index (χ0v) is 14.5. The topological polar surface area (TPSA) is 43.3 Å². The normalized spacial score (nSPS) is 11.5. The van der Waals surface area contributed by atoms with E-state index in [1.54, 1.807) is 11.3 Å². The number of fused-ring (bicyclic) bond motifs is 1. The molecule has 1 aromatic carbocycles. The maximum Gasteiger partial charge on any atom is 0.194 e. The number of aromatic nitrogens is 2. The molecule has 0 unspecified atom stereocenters. The summed E-state index contributed by atoms with van der Waals surface area (Å²) in [5, 5.41) is 0. The minimum atomic E-state index is 0.643. The molecule has 3 aromatic rings. The van der Waals surface area contributed by atoms with Crippen molar-refractivity contribution in [2.24, 2.45) is 5.73 Å². The molecule has 0 bridgehead atoms. The fourth-order valence-electron chi connectivity index (χ4n) is 3.20. The number of rotatable bonds is 4. The molecule has 3 rings (SSSR count). The molecule has 2 heterocycles. The van der Waals surface area contributed by atoms with Crippen molar-refractivity contribution < 1.29 is 0 Å². The minimum Gasteiger partial charge on any atom is -0.330 e. The zero-order valence-electron chi connectivity index (χ0n) is 13.7. The van der Waals surface area contributed by atoms with E-state index in [2.05, 4.69) is 50.3 Å². The van der Waals surface area contributed by atoms with Crippen molar-refractivity contribution in [2.75, 3.05) is 6.54 Å². The Morgan fingerprint density at radius 3 is 2.59 bits per heavy atom. The molecule has 0 saturated carbocycles. The Hall–Kier alpha value is -1.65. The van der Waals surface area contributed by atoms with Gasteiger partial charge < -0.3 is 5.73 Å². The maximum absolute atomic E-state index is 5.88. The lowest BCUT2D eigenvalue weighted by Crippen LogP contribution is -2.07. The van der Waals surface area contributed by atoms with Crippen LogP contribution in [0.5, 0.6) is 0 Å². The summed E-state index contributed by atoms with van der Waals surface area (Å²) in [5.41, 5.74) is 13.4. The molecule has 0 atom stereocenters. The van der Waals surface area contributed by atoms with Gasteiger partial charge in [0.05, 0.1) is 11.4 Å². The Balaban J connectivity index is 2.29. The highest BCUT2D eigenvalue weighted by Crippen LogP contribution is 2.33. The zero-order chi connectivity index (χ0) is 15.9. The lowest BCUT2D eigenvalue weighted by Gasteiger charge is -2.09. The first-order chi connectivity index (χ1) is 10.6. The lowest BCUT2D eigenvalue weighted by molar-refractivity contribution is 0.872. The van der Waals surface area contributed by atoms with Crippen LogP contribution >= 0.6 is 11.3 Å². The first-order valence-corrected chi connectivity index (χ1v) is 8.65. The monoisotopic (exact) mass is 313 g/mol. The third-order valence-electron chi connectivity index (χ3n) is 4.22. The molecule has 0 aliphatic heterocycles. The Bertz CT molecular complexity index is 827. The van der Waals surface area contributed by atoms with Gasteiger partial charge in [0.25, 0.3) is 0 Å². The first kappa shape index (κ1) is 15.3. The van der Waals surface area contributed by atoms with Gasteiger partial charge in [0.1, 0.15) is 0 Å². The van der Waals surface area contributed by atoms with Crippen molar-refractivity contribution in [3.63, 3.8) is 0 Å². The Morgan fingerprint density at radius 1 is 1.18 bits per heavy atom. The van der Waals surface area contributed by atoms with E-state index in [1.807, 2.05) is 0 Å². The predicted octanol–water partition coefficient (Wildman–Crippen LogP) is 4.05. The predicted molar refractivity (Wildman–Crippen MR) is 94.9 cm³/mol. The van der Waals surface area contributed by atoms with Gasteiger partial charge in [0.15, 0.2) is 4.96 Å². The molecule has 0 radical (unpaired) electrons. The third-order valence-corrected chi connectivity index (χ3v) is 5.21. The minimum absolute atomic E-state index is 0.643. The second-order valence-electron chi connectivity index (χ2n) is 5.84. The van der Waals surface area contributed by atoms with Gasteiger partial charge in [-0.05, 0) is 39.3 Å². The molecule has 0 aliphatic rings. The molecular weight excluding hydrogens is 290 g/mol. The van der Waals surface area contributed by atoms with Crippen LogP contribution in [-0.2, 0) is 12.8 Å². The summed E-state index contributed by atoms with van der Waals surface area (Å²) >= 11 is 1.78. The highest BCUT2D eigenvalue weighted by atomic mass is 32.1. The van der Waals surface area contributed by atoms with Gasteiger partial charge in [-0.1, -0.05) is 30.7 Å².